The number of hydrogen-bond donors (Lipinski definition) is 3. The fraction of sp³-hybridized carbons (Fsp3) is 0.120. The van der Waals surface area contributed by atoms with Crippen molar-refractivity contribution in [2.75, 3.05) is 0 Å². The molecule has 1 heterocycles. The van der Waals surface area contributed by atoms with Gasteiger partial charge in [0.1, 0.15) is 24.6 Å². The van der Waals surface area contributed by atoms with E-state index in [0.29, 0.717) is 22.0 Å². The molecule has 3 N–H and O–H groups in total. The van der Waals surface area contributed by atoms with Crippen LogP contribution < -0.4 is 14.9 Å². The highest BCUT2D eigenvalue weighted by atomic mass is 16.7. The molecule has 10 nitrogen and oxygen atoms in total. The number of aromatic nitrogens is 2. The van der Waals surface area contributed by atoms with Crippen molar-refractivity contribution in [2.45, 2.75) is 20.1 Å². The van der Waals surface area contributed by atoms with Crippen molar-refractivity contribution >= 4 is 29.0 Å². The van der Waals surface area contributed by atoms with Gasteiger partial charge in [-0.3, -0.25) is 10.7 Å². The molecule has 0 aliphatic rings. The molecule has 10 heteroatoms. The standard InChI is InChI=1S/C25H22N4O6/c1-16-12-19(22(26)27-24(30)33-14-17-8-4-2-5-9-17)13-20-21(16)23(35-25(31)32)28-29(20)34-15-18-10-6-3-7-11-18/h2-13H,14-15H2,1H3,(H,31,32)(H2,26,27,30). The van der Waals surface area contributed by atoms with Crippen LogP contribution >= 0.6 is 0 Å². The van der Waals surface area contributed by atoms with Gasteiger partial charge in [-0.05, 0) is 35.7 Å². The van der Waals surface area contributed by atoms with Crippen LogP contribution in [0.25, 0.3) is 10.9 Å². The van der Waals surface area contributed by atoms with Crippen LogP contribution in [-0.4, -0.2) is 33.1 Å². The smallest absolute Gasteiger partial charge is 0.449 e. The quantitative estimate of drug-likeness (QED) is 0.207. The lowest BCUT2D eigenvalue weighted by Crippen LogP contribution is -2.31. The predicted octanol–water partition coefficient (Wildman–Crippen LogP) is 4.28. The first-order chi connectivity index (χ1) is 16.9. The minimum atomic E-state index is -1.52. The molecule has 0 unspecified atom stereocenters. The number of nitrogens with one attached hydrogen (secondary N) is 2. The van der Waals surface area contributed by atoms with Gasteiger partial charge >= 0.3 is 12.2 Å². The van der Waals surface area contributed by atoms with Crippen LogP contribution in [0.2, 0.25) is 0 Å². The van der Waals surface area contributed by atoms with Crippen LogP contribution in [-0.2, 0) is 18.0 Å². The Morgan fingerprint density at radius 2 is 1.63 bits per heavy atom. The van der Waals surface area contributed by atoms with Gasteiger partial charge in [0.25, 0.3) is 5.88 Å². The highest BCUT2D eigenvalue weighted by Gasteiger charge is 2.20. The molecular formula is C25H22N4O6. The van der Waals surface area contributed by atoms with Crippen molar-refractivity contribution in [1.29, 1.82) is 5.41 Å². The Morgan fingerprint density at radius 3 is 2.26 bits per heavy atom. The van der Waals surface area contributed by atoms with Crippen LogP contribution in [0.4, 0.5) is 9.59 Å². The topological polar surface area (TPSA) is 136 Å². The molecular weight excluding hydrogens is 452 g/mol. The molecule has 4 aromatic rings. The summed E-state index contributed by atoms with van der Waals surface area (Å²) in [4.78, 5) is 30.3. The van der Waals surface area contributed by atoms with Crippen molar-refractivity contribution < 1.29 is 29.0 Å². The average molecular weight is 474 g/mol. The van der Waals surface area contributed by atoms with Gasteiger partial charge in [0.2, 0.25) is 0 Å². The van der Waals surface area contributed by atoms with E-state index in [9.17, 15) is 9.59 Å². The Bertz CT molecular complexity index is 1370. The first-order valence-electron chi connectivity index (χ1n) is 10.6. The summed E-state index contributed by atoms with van der Waals surface area (Å²) >= 11 is 0. The molecule has 0 saturated heterocycles. The average Bonchev–Trinajstić information content (AvgIpc) is 3.19. The molecule has 0 aliphatic carbocycles. The Labute approximate surface area is 200 Å². The molecule has 178 valence electrons. The van der Waals surface area contributed by atoms with Crippen molar-refractivity contribution in [1.82, 2.24) is 15.3 Å². The van der Waals surface area contributed by atoms with Crippen LogP contribution in [0.15, 0.2) is 72.8 Å². The lowest BCUT2D eigenvalue weighted by molar-refractivity contribution is 0.0754. The second-order valence-corrected chi connectivity index (χ2v) is 7.55. The van der Waals surface area contributed by atoms with Gasteiger partial charge in [-0.25, -0.2) is 9.59 Å². The maximum atomic E-state index is 12.2. The van der Waals surface area contributed by atoms with Gasteiger partial charge in [0.05, 0.1) is 5.39 Å². The van der Waals surface area contributed by atoms with Gasteiger partial charge < -0.3 is 19.4 Å². The highest BCUT2D eigenvalue weighted by molar-refractivity contribution is 6.07. The molecule has 0 saturated carbocycles. The molecule has 1 aromatic heterocycles. The molecule has 3 aromatic carbocycles. The Morgan fingerprint density at radius 1 is 1.00 bits per heavy atom. The van der Waals surface area contributed by atoms with Gasteiger partial charge in [0, 0.05) is 5.56 Å². The number of carboxylic acid groups (broad SMARTS) is 1. The van der Waals surface area contributed by atoms with E-state index in [1.165, 1.54) is 0 Å². The third kappa shape index (κ3) is 5.74. The number of amides is 1. The molecule has 0 spiro atoms. The van der Waals surface area contributed by atoms with Crippen LogP contribution in [0.1, 0.15) is 22.3 Å². The summed E-state index contributed by atoms with van der Waals surface area (Å²) in [6.45, 7) is 1.94. The molecule has 4 rings (SSSR count). The molecule has 0 bridgehead atoms. The number of alkyl carbamates (subject to hydrolysis) is 1. The number of amidine groups is 1. The fourth-order valence-electron chi connectivity index (χ4n) is 3.42. The van der Waals surface area contributed by atoms with E-state index in [4.69, 9.17) is 24.8 Å². The van der Waals surface area contributed by atoms with Crippen LogP contribution in [0, 0.1) is 12.3 Å². The Hall–Kier alpha value is -4.86. The number of hydrogen-bond acceptors (Lipinski definition) is 7. The summed E-state index contributed by atoms with van der Waals surface area (Å²) in [5, 5.41) is 24.4. The highest BCUT2D eigenvalue weighted by Crippen LogP contribution is 2.29. The number of benzene rings is 3. The SMILES string of the molecule is Cc1cc(C(=N)NC(=O)OCc2ccccc2)cc2c1c(OC(=O)O)nn2OCc1ccccc1. The number of aryl methyl sites for hydroxylation is 1. The number of ether oxygens (including phenoxy) is 2. The second-order valence-electron chi connectivity index (χ2n) is 7.55. The summed E-state index contributed by atoms with van der Waals surface area (Å²) in [5.74, 6) is -0.351. The zero-order chi connectivity index (χ0) is 24.8. The third-order valence-electron chi connectivity index (χ3n) is 5.03. The molecule has 0 atom stereocenters. The van der Waals surface area contributed by atoms with E-state index < -0.39 is 12.2 Å². The van der Waals surface area contributed by atoms with Crippen LogP contribution in [0.5, 0.6) is 5.88 Å². The summed E-state index contributed by atoms with van der Waals surface area (Å²) in [6, 6.07) is 21.7. The lowest BCUT2D eigenvalue weighted by Gasteiger charge is -2.11. The maximum absolute atomic E-state index is 12.2. The Balaban J connectivity index is 1.56. The van der Waals surface area contributed by atoms with E-state index in [1.54, 1.807) is 19.1 Å². The minimum absolute atomic E-state index is 0.0635. The number of carbonyl (C=O) groups excluding carboxylic acids is 1. The Kier molecular flexibility index (Phi) is 6.91. The monoisotopic (exact) mass is 474 g/mol. The summed E-state index contributed by atoms with van der Waals surface area (Å²) < 4.78 is 10.0. The number of rotatable bonds is 7. The van der Waals surface area contributed by atoms with Crippen molar-refractivity contribution in [3.63, 3.8) is 0 Å². The lowest BCUT2D eigenvalue weighted by atomic mass is 10.1. The zero-order valence-electron chi connectivity index (χ0n) is 18.7. The van der Waals surface area contributed by atoms with E-state index in [1.807, 2.05) is 60.7 Å². The second kappa shape index (κ2) is 10.4. The summed E-state index contributed by atoms with van der Waals surface area (Å²) in [5.41, 5.74) is 2.99. The number of nitrogens with zero attached hydrogens (tertiary/aromatic N) is 2. The zero-order valence-corrected chi connectivity index (χ0v) is 18.7. The summed E-state index contributed by atoms with van der Waals surface area (Å²) in [6.07, 6.45) is -2.29. The fourth-order valence-corrected chi connectivity index (χ4v) is 3.42. The van der Waals surface area contributed by atoms with E-state index in [2.05, 4.69) is 10.4 Å². The predicted molar refractivity (Wildman–Crippen MR) is 126 cm³/mol. The van der Waals surface area contributed by atoms with E-state index in [0.717, 1.165) is 16.0 Å². The largest absolute Gasteiger partial charge is 0.512 e. The van der Waals surface area contributed by atoms with Crippen molar-refractivity contribution in [3.8, 4) is 5.88 Å². The third-order valence-corrected chi connectivity index (χ3v) is 5.03. The van der Waals surface area contributed by atoms with Crippen LogP contribution in [0.3, 0.4) is 0 Å². The van der Waals surface area contributed by atoms with E-state index in [-0.39, 0.29) is 24.9 Å². The van der Waals surface area contributed by atoms with Crippen molar-refractivity contribution in [2.24, 2.45) is 0 Å². The van der Waals surface area contributed by atoms with Gasteiger partial charge in [-0.2, -0.15) is 0 Å². The first-order valence-corrected chi connectivity index (χ1v) is 10.6. The number of fused-ring (bicyclic) bond motifs is 1. The first kappa shape index (κ1) is 23.3. The van der Waals surface area contributed by atoms with Gasteiger partial charge in [-0.1, -0.05) is 70.6 Å². The maximum Gasteiger partial charge on any atom is 0.512 e. The molecule has 35 heavy (non-hydrogen) atoms. The molecule has 0 fully saturated rings. The van der Waals surface area contributed by atoms with Gasteiger partial charge in [0.15, 0.2) is 0 Å². The van der Waals surface area contributed by atoms with Gasteiger partial charge in [-0.15, -0.1) is 0 Å². The number of carbonyl (C=O) groups is 2. The molecule has 1 amide bonds. The summed E-state index contributed by atoms with van der Waals surface area (Å²) in [7, 11) is 0. The minimum Gasteiger partial charge on any atom is -0.449 e. The molecule has 0 radical (unpaired) electrons. The molecule has 0 aliphatic heterocycles. The van der Waals surface area contributed by atoms with E-state index >= 15 is 0 Å². The van der Waals surface area contributed by atoms with Crippen molar-refractivity contribution in [3.05, 3.63) is 95.1 Å². The normalized spacial score (nSPS) is 10.5.